The highest BCUT2D eigenvalue weighted by Crippen LogP contribution is 2.34. The van der Waals surface area contributed by atoms with Crippen LogP contribution in [0, 0.1) is 0 Å². The van der Waals surface area contributed by atoms with Crippen LogP contribution in [0.15, 0.2) is 49.2 Å². The first kappa shape index (κ1) is 22.8. The minimum absolute atomic E-state index is 0.0243. The van der Waals surface area contributed by atoms with Gasteiger partial charge in [0.05, 0.1) is 13.2 Å². The number of nitrogens with one attached hydrogen (secondary N) is 1. The first-order valence-electron chi connectivity index (χ1n) is 12.1. The number of benzene rings is 1. The van der Waals surface area contributed by atoms with E-state index in [9.17, 15) is 9.90 Å². The Morgan fingerprint density at radius 3 is 2.85 bits per heavy atom. The number of ether oxygens (including phenoxy) is 1. The SMILES string of the molecule is C=CC(=O)N1CC(N2CC(c3cccc(Nc4nccc(N5CCCOCC5)c4CO)c3)C2)C1. The number of amides is 1. The molecule has 4 heterocycles. The van der Waals surface area contributed by atoms with Crippen molar-refractivity contribution < 1.29 is 14.6 Å². The molecule has 3 aliphatic heterocycles. The fourth-order valence-corrected chi connectivity index (χ4v) is 5.05. The van der Waals surface area contributed by atoms with Crippen LogP contribution in [0.3, 0.4) is 0 Å². The average Bonchev–Trinajstić information content (AvgIpc) is 3.09. The maximum atomic E-state index is 11.7. The summed E-state index contributed by atoms with van der Waals surface area (Å²) in [6.45, 7) is 10.3. The topological polar surface area (TPSA) is 81.2 Å². The Labute approximate surface area is 200 Å². The molecule has 8 heteroatoms. The lowest BCUT2D eigenvalue weighted by molar-refractivity contribution is -0.134. The lowest BCUT2D eigenvalue weighted by Gasteiger charge is -2.51. The number of nitrogens with zero attached hydrogens (tertiary/aromatic N) is 4. The maximum Gasteiger partial charge on any atom is 0.246 e. The van der Waals surface area contributed by atoms with Crippen molar-refractivity contribution in [1.82, 2.24) is 14.8 Å². The molecule has 0 atom stereocenters. The molecule has 0 saturated carbocycles. The van der Waals surface area contributed by atoms with Crippen LogP contribution in [0.4, 0.5) is 17.2 Å². The first-order valence-corrected chi connectivity index (χ1v) is 12.1. The van der Waals surface area contributed by atoms with Gasteiger partial charge in [-0.3, -0.25) is 9.69 Å². The quantitative estimate of drug-likeness (QED) is 0.610. The monoisotopic (exact) mass is 463 g/mol. The molecule has 2 N–H and O–H groups in total. The highest BCUT2D eigenvalue weighted by Gasteiger charge is 2.40. The molecule has 1 amide bonds. The summed E-state index contributed by atoms with van der Waals surface area (Å²) in [7, 11) is 0. The second-order valence-corrected chi connectivity index (χ2v) is 9.27. The summed E-state index contributed by atoms with van der Waals surface area (Å²) in [4.78, 5) is 22.8. The van der Waals surface area contributed by atoms with Crippen molar-refractivity contribution in [1.29, 1.82) is 0 Å². The molecule has 3 aliphatic rings. The standard InChI is InChI=1S/C26H33N5O3/c1-2-25(33)31-16-22(17-31)30-14-20(15-30)19-5-3-6-21(13-19)28-26-23(18-32)24(7-8-27-26)29-9-4-11-34-12-10-29/h2-3,5-8,13,20,22,32H,1,4,9-12,14-18H2,(H,27,28). The van der Waals surface area contributed by atoms with Gasteiger partial charge in [-0.15, -0.1) is 0 Å². The molecule has 5 rings (SSSR count). The normalized spacial score (nSPS) is 19.8. The molecule has 0 spiro atoms. The van der Waals surface area contributed by atoms with Crippen molar-refractivity contribution in [3.05, 3.63) is 60.3 Å². The second kappa shape index (κ2) is 10.1. The third kappa shape index (κ3) is 4.66. The predicted octanol–water partition coefficient (Wildman–Crippen LogP) is 2.34. The molecular formula is C26H33N5O3. The minimum Gasteiger partial charge on any atom is -0.391 e. The van der Waals surface area contributed by atoms with E-state index >= 15 is 0 Å². The van der Waals surface area contributed by atoms with Gasteiger partial charge in [-0.1, -0.05) is 18.7 Å². The number of anilines is 3. The van der Waals surface area contributed by atoms with Crippen molar-refractivity contribution in [3.63, 3.8) is 0 Å². The number of likely N-dealkylation sites (tertiary alicyclic amines) is 2. The number of aliphatic hydroxyl groups excluding tert-OH is 1. The molecule has 3 saturated heterocycles. The highest BCUT2D eigenvalue weighted by atomic mass is 16.5. The van der Waals surface area contributed by atoms with Crippen molar-refractivity contribution in [2.45, 2.75) is 25.0 Å². The van der Waals surface area contributed by atoms with Crippen molar-refractivity contribution in [2.24, 2.45) is 0 Å². The fraction of sp³-hybridized carbons (Fsp3) is 0.462. The van der Waals surface area contributed by atoms with Crippen LogP contribution in [0.2, 0.25) is 0 Å². The van der Waals surface area contributed by atoms with E-state index < -0.39 is 0 Å². The van der Waals surface area contributed by atoms with E-state index in [1.165, 1.54) is 11.6 Å². The van der Waals surface area contributed by atoms with Gasteiger partial charge in [0.2, 0.25) is 5.91 Å². The Morgan fingerprint density at radius 2 is 2.06 bits per heavy atom. The van der Waals surface area contributed by atoms with Crippen LogP contribution in [-0.4, -0.2) is 84.3 Å². The van der Waals surface area contributed by atoms with Crippen LogP contribution in [0.1, 0.15) is 23.5 Å². The summed E-state index contributed by atoms with van der Waals surface area (Å²) in [6.07, 6.45) is 4.16. The molecule has 180 valence electrons. The van der Waals surface area contributed by atoms with E-state index in [1.54, 1.807) is 6.20 Å². The third-order valence-electron chi connectivity index (χ3n) is 7.15. The van der Waals surface area contributed by atoms with Gasteiger partial charge < -0.3 is 25.0 Å². The first-order chi connectivity index (χ1) is 16.7. The van der Waals surface area contributed by atoms with Gasteiger partial charge in [0.1, 0.15) is 5.82 Å². The molecule has 3 fully saturated rings. The van der Waals surface area contributed by atoms with Crippen LogP contribution in [-0.2, 0) is 16.1 Å². The van der Waals surface area contributed by atoms with Crippen molar-refractivity contribution in [2.75, 3.05) is 62.7 Å². The molecule has 34 heavy (non-hydrogen) atoms. The molecule has 2 aromatic rings. The molecule has 8 nitrogen and oxygen atoms in total. The van der Waals surface area contributed by atoms with Gasteiger partial charge in [0.25, 0.3) is 0 Å². The number of hydrogen-bond acceptors (Lipinski definition) is 7. The summed E-state index contributed by atoms with van der Waals surface area (Å²) < 4.78 is 5.59. The lowest BCUT2D eigenvalue weighted by Crippen LogP contribution is -2.65. The molecule has 0 unspecified atom stereocenters. The Bertz CT molecular complexity index is 1020. The smallest absolute Gasteiger partial charge is 0.246 e. The Hall–Kier alpha value is -2.94. The van der Waals surface area contributed by atoms with E-state index in [-0.39, 0.29) is 12.5 Å². The van der Waals surface area contributed by atoms with Gasteiger partial charge >= 0.3 is 0 Å². The van der Waals surface area contributed by atoms with E-state index in [1.807, 2.05) is 17.0 Å². The number of hydrogen-bond donors (Lipinski definition) is 2. The zero-order valence-corrected chi connectivity index (χ0v) is 19.5. The largest absolute Gasteiger partial charge is 0.391 e. The zero-order chi connectivity index (χ0) is 23.5. The molecule has 0 bridgehead atoms. The van der Waals surface area contributed by atoms with E-state index in [2.05, 4.69) is 44.9 Å². The predicted molar refractivity (Wildman–Crippen MR) is 132 cm³/mol. The Kier molecular flexibility index (Phi) is 6.80. The summed E-state index contributed by atoms with van der Waals surface area (Å²) in [6, 6.07) is 10.9. The fourth-order valence-electron chi connectivity index (χ4n) is 5.05. The summed E-state index contributed by atoms with van der Waals surface area (Å²) in [5.41, 5.74) is 4.10. The van der Waals surface area contributed by atoms with E-state index in [4.69, 9.17) is 4.74 Å². The number of rotatable bonds is 7. The maximum absolute atomic E-state index is 11.7. The molecule has 1 aromatic heterocycles. The minimum atomic E-state index is -0.0765. The van der Waals surface area contributed by atoms with E-state index in [0.29, 0.717) is 24.4 Å². The molecule has 0 aliphatic carbocycles. The van der Waals surface area contributed by atoms with E-state index in [0.717, 1.165) is 69.2 Å². The number of aromatic nitrogens is 1. The average molecular weight is 464 g/mol. The van der Waals surface area contributed by atoms with Gasteiger partial charge in [0.15, 0.2) is 0 Å². The summed E-state index contributed by atoms with van der Waals surface area (Å²) >= 11 is 0. The van der Waals surface area contributed by atoms with Crippen LogP contribution in [0.5, 0.6) is 0 Å². The van der Waals surface area contributed by atoms with Gasteiger partial charge in [-0.05, 0) is 36.3 Å². The Morgan fingerprint density at radius 1 is 1.21 bits per heavy atom. The highest BCUT2D eigenvalue weighted by molar-refractivity contribution is 5.87. The zero-order valence-electron chi connectivity index (χ0n) is 19.5. The number of pyridine rings is 1. The van der Waals surface area contributed by atoms with Crippen LogP contribution < -0.4 is 10.2 Å². The number of carbonyl (C=O) groups excluding carboxylic acids is 1. The molecular weight excluding hydrogens is 430 g/mol. The van der Waals surface area contributed by atoms with Gasteiger partial charge in [-0.2, -0.15) is 0 Å². The summed E-state index contributed by atoms with van der Waals surface area (Å²) in [5.74, 6) is 1.20. The number of carbonyl (C=O) groups is 1. The lowest BCUT2D eigenvalue weighted by atomic mass is 9.88. The van der Waals surface area contributed by atoms with Gasteiger partial charge in [0, 0.05) is 81.0 Å². The summed E-state index contributed by atoms with van der Waals surface area (Å²) in [5, 5.41) is 13.6. The van der Waals surface area contributed by atoms with Gasteiger partial charge in [-0.25, -0.2) is 4.98 Å². The number of aliphatic hydroxyl groups is 1. The van der Waals surface area contributed by atoms with Crippen LogP contribution in [0.25, 0.3) is 0 Å². The van der Waals surface area contributed by atoms with Crippen LogP contribution >= 0.6 is 0 Å². The molecule has 1 aromatic carbocycles. The van der Waals surface area contributed by atoms with Crippen molar-refractivity contribution >= 4 is 23.1 Å². The molecule has 0 radical (unpaired) electrons. The second-order valence-electron chi connectivity index (χ2n) is 9.27. The van der Waals surface area contributed by atoms with Crippen molar-refractivity contribution in [3.8, 4) is 0 Å². The third-order valence-corrected chi connectivity index (χ3v) is 7.15. The Balaban J connectivity index is 1.23.